The molecule has 2 heterocycles. The van der Waals surface area contributed by atoms with Crippen LogP contribution in [0, 0.1) is 0 Å². The van der Waals surface area contributed by atoms with Gasteiger partial charge in [0.05, 0.1) is 5.52 Å². The topological polar surface area (TPSA) is 37.8 Å². The van der Waals surface area contributed by atoms with Gasteiger partial charge in [-0.3, -0.25) is 9.97 Å². The maximum Gasteiger partial charge on any atom is 0.0702 e. The summed E-state index contributed by atoms with van der Waals surface area (Å²) < 4.78 is 0. The lowest BCUT2D eigenvalue weighted by atomic mass is 10.00. The van der Waals surface area contributed by atoms with Gasteiger partial charge in [-0.15, -0.1) is 0 Å². The van der Waals surface area contributed by atoms with Crippen LogP contribution in [-0.2, 0) is 6.42 Å². The minimum atomic E-state index is 0.259. The highest BCUT2D eigenvalue weighted by molar-refractivity contribution is 5.79. The first-order chi connectivity index (χ1) is 9.86. The highest BCUT2D eigenvalue weighted by Gasteiger charge is 2.11. The predicted molar refractivity (Wildman–Crippen MR) is 81.5 cm³/mol. The second-order valence-corrected chi connectivity index (χ2v) is 4.82. The van der Waals surface area contributed by atoms with Crippen LogP contribution in [0.1, 0.15) is 17.3 Å². The molecule has 3 rings (SSSR count). The van der Waals surface area contributed by atoms with E-state index in [0.29, 0.717) is 0 Å². The van der Waals surface area contributed by atoms with Crippen molar-refractivity contribution in [3.05, 3.63) is 72.2 Å². The number of pyridine rings is 2. The molecule has 0 amide bonds. The molecule has 0 aliphatic rings. The molecule has 0 bridgehead atoms. The number of benzene rings is 1. The van der Waals surface area contributed by atoms with Crippen LogP contribution in [0.2, 0.25) is 0 Å². The predicted octanol–water partition coefficient (Wildman–Crippen LogP) is 3.13. The van der Waals surface area contributed by atoms with Crippen LogP contribution in [-0.4, -0.2) is 17.0 Å². The molecule has 1 unspecified atom stereocenters. The van der Waals surface area contributed by atoms with Crippen molar-refractivity contribution in [1.29, 1.82) is 0 Å². The van der Waals surface area contributed by atoms with E-state index in [2.05, 4.69) is 45.6 Å². The van der Waals surface area contributed by atoms with Crippen LogP contribution in [0.15, 0.2) is 60.9 Å². The number of nitrogens with one attached hydrogen (secondary N) is 1. The van der Waals surface area contributed by atoms with E-state index in [9.17, 15) is 0 Å². The molecule has 0 aliphatic heterocycles. The van der Waals surface area contributed by atoms with E-state index in [1.165, 1.54) is 10.9 Å². The average molecular weight is 263 g/mol. The van der Waals surface area contributed by atoms with E-state index >= 15 is 0 Å². The molecule has 1 atom stereocenters. The summed E-state index contributed by atoms with van der Waals surface area (Å²) in [4.78, 5) is 8.76. The van der Waals surface area contributed by atoms with Crippen molar-refractivity contribution in [1.82, 2.24) is 15.3 Å². The summed E-state index contributed by atoms with van der Waals surface area (Å²) in [6, 6.07) is 16.8. The quantitative estimate of drug-likeness (QED) is 0.786. The van der Waals surface area contributed by atoms with Crippen molar-refractivity contribution in [2.75, 3.05) is 7.05 Å². The molecular weight excluding hydrogens is 246 g/mol. The van der Waals surface area contributed by atoms with Crippen LogP contribution >= 0.6 is 0 Å². The number of rotatable bonds is 4. The summed E-state index contributed by atoms with van der Waals surface area (Å²) in [5.41, 5.74) is 3.39. The Bertz CT molecular complexity index is 695. The molecule has 0 saturated carbocycles. The van der Waals surface area contributed by atoms with Crippen LogP contribution in [0.5, 0.6) is 0 Å². The fourth-order valence-corrected chi connectivity index (χ4v) is 2.43. The van der Waals surface area contributed by atoms with Gasteiger partial charge in [0.1, 0.15) is 0 Å². The summed E-state index contributed by atoms with van der Waals surface area (Å²) in [5.74, 6) is 0. The second kappa shape index (κ2) is 5.80. The Labute approximate surface area is 118 Å². The number of likely N-dealkylation sites (N-methyl/N-ethyl adjacent to an activating group) is 1. The van der Waals surface area contributed by atoms with Gasteiger partial charge in [0.15, 0.2) is 0 Å². The molecule has 1 aromatic carbocycles. The molecular formula is C17H17N3. The van der Waals surface area contributed by atoms with E-state index in [1.54, 1.807) is 0 Å². The fraction of sp³-hybridized carbons (Fsp3) is 0.176. The van der Waals surface area contributed by atoms with Crippen molar-refractivity contribution in [2.45, 2.75) is 12.5 Å². The average Bonchev–Trinajstić information content (AvgIpc) is 2.53. The maximum atomic E-state index is 4.40. The van der Waals surface area contributed by atoms with Crippen molar-refractivity contribution >= 4 is 10.9 Å². The van der Waals surface area contributed by atoms with Gasteiger partial charge in [-0.05, 0) is 42.9 Å². The van der Waals surface area contributed by atoms with E-state index < -0.39 is 0 Å². The molecule has 0 fully saturated rings. The Morgan fingerprint density at radius 2 is 1.90 bits per heavy atom. The second-order valence-electron chi connectivity index (χ2n) is 4.82. The van der Waals surface area contributed by atoms with Crippen LogP contribution < -0.4 is 5.32 Å². The summed E-state index contributed by atoms with van der Waals surface area (Å²) in [6.45, 7) is 0. The van der Waals surface area contributed by atoms with Crippen molar-refractivity contribution in [3.8, 4) is 0 Å². The first kappa shape index (κ1) is 12.8. The van der Waals surface area contributed by atoms with Gasteiger partial charge < -0.3 is 5.32 Å². The van der Waals surface area contributed by atoms with Gasteiger partial charge in [-0.1, -0.05) is 18.2 Å². The Morgan fingerprint density at radius 3 is 2.70 bits per heavy atom. The molecule has 0 spiro atoms. The lowest BCUT2D eigenvalue weighted by molar-refractivity contribution is 0.585. The highest BCUT2D eigenvalue weighted by atomic mass is 14.9. The minimum absolute atomic E-state index is 0.259. The largest absolute Gasteiger partial charge is 0.313 e. The van der Waals surface area contributed by atoms with Gasteiger partial charge in [0, 0.05) is 35.9 Å². The SMILES string of the molecule is CNC(Cc1ccccn1)c1ccc2ncccc2c1. The van der Waals surface area contributed by atoms with Gasteiger partial charge >= 0.3 is 0 Å². The molecule has 3 aromatic rings. The number of aromatic nitrogens is 2. The molecule has 0 aliphatic carbocycles. The van der Waals surface area contributed by atoms with Crippen molar-refractivity contribution in [3.63, 3.8) is 0 Å². The number of nitrogens with zero attached hydrogens (tertiary/aromatic N) is 2. The Hall–Kier alpha value is -2.26. The summed E-state index contributed by atoms with van der Waals surface area (Å²) in [6.07, 6.45) is 4.54. The van der Waals surface area contributed by atoms with Gasteiger partial charge in [-0.25, -0.2) is 0 Å². The maximum absolute atomic E-state index is 4.40. The number of fused-ring (bicyclic) bond motifs is 1. The lowest BCUT2D eigenvalue weighted by Crippen LogP contribution is -2.19. The third kappa shape index (κ3) is 2.68. The molecule has 3 heteroatoms. The zero-order valence-electron chi connectivity index (χ0n) is 11.5. The zero-order valence-corrected chi connectivity index (χ0v) is 11.5. The van der Waals surface area contributed by atoms with Gasteiger partial charge in [-0.2, -0.15) is 0 Å². The monoisotopic (exact) mass is 263 g/mol. The summed E-state index contributed by atoms with van der Waals surface area (Å²) in [7, 11) is 1.99. The van der Waals surface area contributed by atoms with Crippen molar-refractivity contribution in [2.24, 2.45) is 0 Å². The van der Waals surface area contributed by atoms with Crippen LogP contribution in [0.3, 0.4) is 0 Å². The highest BCUT2D eigenvalue weighted by Crippen LogP contribution is 2.21. The first-order valence-corrected chi connectivity index (χ1v) is 6.78. The molecule has 100 valence electrons. The zero-order chi connectivity index (χ0) is 13.8. The van der Waals surface area contributed by atoms with E-state index in [-0.39, 0.29) is 6.04 Å². The van der Waals surface area contributed by atoms with Crippen LogP contribution in [0.25, 0.3) is 10.9 Å². The fourth-order valence-electron chi connectivity index (χ4n) is 2.43. The summed E-state index contributed by atoms with van der Waals surface area (Å²) >= 11 is 0. The number of hydrogen-bond donors (Lipinski definition) is 1. The molecule has 0 saturated heterocycles. The number of hydrogen-bond acceptors (Lipinski definition) is 3. The molecule has 1 N–H and O–H groups in total. The third-order valence-corrected chi connectivity index (χ3v) is 3.52. The van der Waals surface area contributed by atoms with Gasteiger partial charge in [0.2, 0.25) is 0 Å². The normalized spacial score (nSPS) is 12.4. The first-order valence-electron chi connectivity index (χ1n) is 6.78. The smallest absolute Gasteiger partial charge is 0.0702 e. The summed E-state index contributed by atoms with van der Waals surface area (Å²) in [5, 5.41) is 4.54. The molecule has 0 radical (unpaired) electrons. The molecule has 3 nitrogen and oxygen atoms in total. The van der Waals surface area contributed by atoms with E-state index in [0.717, 1.165) is 17.6 Å². The Kier molecular flexibility index (Phi) is 3.70. The van der Waals surface area contributed by atoms with E-state index in [4.69, 9.17) is 0 Å². The molecule has 2 aromatic heterocycles. The molecule has 20 heavy (non-hydrogen) atoms. The van der Waals surface area contributed by atoms with Crippen molar-refractivity contribution < 1.29 is 0 Å². The lowest BCUT2D eigenvalue weighted by Gasteiger charge is -2.16. The third-order valence-electron chi connectivity index (χ3n) is 3.52. The minimum Gasteiger partial charge on any atom is -0.313 e. The van der Waals surface area contributed by atoms with E-state index in [1.807, 2.05) is 37.6 Å². The Morgan fingerprint density at radius 1 is 1.00 bits per heavy atom. The standard InChI is InChI=1S/C17H17N3/c1-18-17(12-15-6-2-3-9-19-15)14-7-8-16-13(11-14)5-4-10-20-16/h2-11,17-18H,12H2,1H3. The Balaban J connectivity index is 1.91. The van der Waals surface area contributed by atoms with Gasteiger partial charge in [0.25, 0.3) is 0 Å². The van der Waals surface area contributed by atoms with Crippen LogP contribution in [0.4, 0.5) is 0 Å².